The molecular formula is C26H25ClFN5O2. The van der Waals surface area contributed by atoms with E-state index in [1.165, 1.54) is 12.1 Å². The molecule has 0 bridgehead atoms. The van der Waals surface area contributed by atoms with Gasteiger partial charge < -0.3 is 15.0 Å². The summed E-state index contributed by atoms with van der Waals surface area (Å²) in [7, 11) is 1.56. The van der Waals surface area contributed by atoms with Crippen molar-refractivity contribution in [2.24, 2.45) is 5.92 Å². The van der Waals surface area contributed by atoms with E-state index >= 15 is 0 Å². The van der Waals surface area contributed by atoms with Crippen LogP contribution in [0, 0.1) is 18.7 Å². The summed E-state index contributed by atoms with van der Waals surface area (Å²) in [5.74, 6) is 1.05. The Morgan fingerprint density at radius 3 is 2.57 bits per heavy atom. The Morgan fingerprint density at radius 1 is 1.11 bits per heavy atom. The van der Waals surface area contributed by atoms with Crippen molar-refractivity contribution in [3.8, 4) is 17.0 Å². The Kier molecular flexibility index (Phi) is 6.30. The maximum absolute atomic E-state index is 13.3. The molecule has 1 fully saturated rings. The van der Waals surface area contributed by atoms with E-state index < -0.39 is 0 Å². The zero-order chi connectivity index (χ0) is 24.5. The molecule has 9 heteroatoms. The zero-order valence-electron chi connectivity index (χ0n) is 19.5. The topological polar surface area (TPSA) is 71.8 Å². The second-order valence-corrected chi connectivity index (χ2v) is 9.09. The maximum Gasteiger partial charge on any atom is 0.227 e. The van der Waals surface area contributed by atoms with Crippen molar-refractivity contribution in [1.82, 2.24) is 14.6 Å². The van der Waals surface area contributed by atoms with Gasteiger partial charge in [0.1, 0.15) is 17.4 Å². The van der Waals surface area contributed by atoms with Crippen LogP contribution in [0.25, 0.3) is 16.9 Å². The molecule has 0 aliphatic carbocycles. The van der Waals surface area contributed by atoms with Crippen LogP contribution in [0.15, 0.2) is 54.6 Å². The fraction of sp³-hybridized carbons (Fsp3) is 0.269. The van der Waals surface area contributed by atoms with Crippen molar-refractivity contribution in [3.63, 3.8) is 0 Å². The lowest BCUT2D eigenvalue weighted by Crippen LogP contribution is -2.39. The fourth-order valence-electron chi connectivity index (χ4n) is 4.45. The van der Waals surface area contributed by atoms with Gasteiger partial charge in [0.25, 0.3) is 0 Å². The van der Waals surface area contributed by atoms with E-state index in [2.05, 4.69) is 15.2 Å². The molecule has 180 valence electrons. The second kappa shape index (κ2) is 9.54. The highest BCUT2D eigenvalue weighted by Gasteiger charge is 2.27. The number of aryl methyl sites for hydroxylation is 1. The van der Waals surface area contributed by atoms with Crippen LogP contribution in [-0.2, 0) is 4.79 Å². The average Bonchev–Trinajstić information content (AvgIpc) is 3.28. The lowest BCUT2D eigenvalue weighted by molar-refractivity contribution is -0.120. The van der Waals surface area contributed by atoms with Gasteiger partial charge in [0.2, 0.25) is 5.91 Å². The van der Waals surface area contributed by atoms with Gasteiger partial charge in [0.05, 0.1) is 18.5 Å². The molecule has 1 aliphatic rings. The Balaban J connectivity index is 1.33. The summed E-state index contributed by atoms with van der Waals surface area (Å²) in [6.07, 6.45) is 1.40. The molecule has 2 aromatic carbocycles. The van der Waals surface area contributed by atoms with Gasteiger partial charge in [-0.1, -0.05) is 11.6 Å². The first-order valence-electron chi connectivity index (χ1n) is 11.4. The molecule has 1 N–H and O–H groups in total. The Labute approximate surface area is 207 Å². The summed E-state index contributed by atoms with van der Waals surface area (Å²) in [6.45, 7) is 3.36. The van der Waals surface area contributed by atoms with E-state index in [-0.39, 0.29) is 17.6 Å². The normalized spacial score (nSPS) is 14.3. The number of ether oxygens (including phenoxy) is 1. The average molecular weight is 494 g/mol. The van der Waals surface area contributed by atoms with Gasteiger partial charge in [0.15, 0.2) is 5.65 Å². The number of rotatable bonds is 5. The summed E-state index contributed by atoms with van der Waals surface area (Å²) in [5.41, 5.74) is 3.74. The number of aromatic nitrogens is 3. The second-order valence-electron chi connectivity index (χ2n) is 8.66. The first-order chi connectivity index (χ1) is 16.9. The highest BCUT2D eigenvalue weighted by Crippen LogP contribution is 2.31. The van der Waals surface area contributed by atoms with Crippen molar-refractivity contribution < 1.29 is 13.9 Å². The number of hydrogen-bond acceptors (Lipinski definition) is 5. The Hall–Kier alpha value is -3.65. The molecule has 2 aromatic heterocycles. The number of nitrogens with one attached hydrogen (secondary N) is 1. The van der Waals surface area contributed by atoms with Gasteiger partial charge in [-0.25, -0.2) is 9.37 Å². The third kappa shape index (κ3) is 4.79. The van der Waals surface area contributed by atoms with Crippen LogP contribution in [-0.4, -0.2) is 40.7 Å². The summed E-state index contributed by atoms with van der Waals surface area (Å²) < 4.78 is 20.5. The van der Waals surface area contributed by atoms with Crippen LogP contribution < -0.4 is 15.0 Å². The van der Waals surface area contributed by atoms with Gasteiger partial charge in [-0.15, -0.1) is 0 Å². The summed E-state index contributed by atoms with van der Waals surface area (Å²) in [4.78, 5) is 19.8. The highest BCUT2D eigenvalue weighted by atomic mass is 35.5. The van der Waals surface area contributed by atoms with Gasteiger partial charge >= 0.3 is 0 Å². The number of nitrogens with zero attached hydrogens (tertiary/aromatic N) is 4. The van der Waals surface area contributed by atoms with E-state index in [0.717, 1.165) is 28.4 Å². The summed E-state index contributed by atoms with van der Waals surface area (Å²) in [6, 6.07) is 15.3. The molecule has 0 radical (unpaired) electrons. The van der Waals surface area contributed by atoms with Crippen LogP contribution in [0.3, 0.4) is 0 Å². The molecule has 1 saturated heterocycles. The lowest BCUT2D eigenvalue weighted by atomic mass is 9.95. The number of benzene rings is 2. The lowest BCUT2D eigenvalue weighted by Gasteiger charge is -2.33. The zero-order valence-corrected chi connectivity index (χ0v) is 20.2. The fourth-order valence-corrected chi connectivity index (χ4v) is 4.62. The third-order valence-corrected chi connectivity index (χ3v) is 6.52. The molecular weight excluding hydrogens is 469 g/mol. The molecule has 0 unspecified atom stereocenters. The summed E-state index contributed by atoms with van der Waals surface area (Å²) >= 11 is 6.09. The Bertz CT molecular complexity index is 1380. The molecule has 5 rings (SSSR count). The smallest absolute Gasteiger partial charge is 0.227 e. The van der Waals surface area contributed by atoms with Gasteiger partial charge in [-0.05, 0) is 62.2 Å². The predicted molar refractivity (Wildman–Crippen MR) is 135 cm³/mol. The molecule has 3 heterocycles. The van der Waals surface area contributed by atoms with Crippen LogP contribution >= 0.6 is 11.6 Å². The largest absolute Gasteiger partial charge is 0.495 e. The van der Waals surface area contributed by atoms with E-state index in [0.29, 0.717) is 42.4 Å². The van der Waals surface area contributed by atoms with Gasteiger partial charge in [-0.2, -0.15) is 9.61 Å². The number of carbonyl (C=O) groups excluding carboxylic acids is 1. The van der Waals surface area contributed by atoms with E-state index in [1.54, 1.807) is 37.4 Å². The van der Waals surface area contributed by atoms with Gasteiger partial charge in [0, 0.05) is 47.4 Å². The molecule has 4 aromatic rings. The minimum absolute atomic E-state index is 0.0426. The maximum atomic E-state index is 13.3. The first kappa shape index (κ1) is 23.1. The number of anilines is 2. The SMILES string of the molecule is COc1ccc(Cl)cc1NC(=O)C1CCN(c2cc(C)nc3cc(-c4ccc(F)cc4)nn23)CC1. The van der Waals surface area contributed by atoms with E-state index in [9.17, 15) is 9.18 Å². The number of carbonyl (C=O) groups is 1. The van der Waals surface area contributed by atoms with Crippen molar-refractivity contribution in [2.75, 3.05) is 30.4 Å². The Morgan fingerprint density at radius 2 is 1.86 bits per heavy atom. The van der Waals surface area contributed by atoms with Crippen molar-refractivity contribution in [3.05, 3.63) is 71.1 Å². The number of hydrogen-bond donors (Lipinski definition) is 1. The molecule has 1 aliphatic heterocycles. The molecule has 7 nitrogen and oxygen atoms in total. The van der Waals surface area contributed by atoms with Crippen LogP contribution in [0.5, 0.6) is 5.75 Å². The number of methoxy groups -OCH3 is 1. The highest BCUT2D eigenvalue weighted by molar-refractivity contribution is 6.31. The van der Waals surface area contributed by atoms with Crippen LogP contribution in [0.2, 0.25) is 5.02 Å². The van der Waals surface area contributed by atoms with E-state index in [1.807, 2.05) is 23.6 Å². The van der Waals surface area contributed by atoms with Crippen molar-refractivity contribution >= 4 is 34.7 Å². The molecule has 0 spiro atoms. The number of halogens is 2. The third-order valence-electron chi connectivity index (χ3n) is 6.29. The van der Waals surface area contributed by atoms with Crippen LogP contribution in [0.1, 0.15) is 18.5 Å². The molecule has 35 heavy (non-hydrogen) atoms. The molecule has 1 amide bonds. The number of amides is 1. The minimum atomic E-state index is -0.284. The predicted octanol–water partition coefficient (Wildman–Crippen LogP) is 5.36. The minimum Gasteiger partial charge on any atom is -0.495 e. The van der Waals surface area contributed by atoms with Crippen molar-refractivity contribution in [2.45, 2.75) is 19.8 Å². The summed E-state index contributed by atoms with van der Waals surface area (Å²) in [5, 5.41) is 8.25. The van der Waals surface area contributed by atoms with Crippen molar-refractivity contribution in [1.29, 1.82) is 0 Å². The van der Waals surface area contributed by atoms with E-state index in [4.69, 9.17) is 21.4 Å². The van der Waals surface area contributed by atoms with Gasteiger partial charge in [-0.3, -0.25) is 4.79 Å². The molecule has 0 saturated carbocycles. The quantitative estimate of drug-likeness (QED) is 0.405. The number of piperidine rings is 1. The first-order valence-corrected chi connectivity index (χ1v) is 11.8. The monoisotopic (exact) mass is 493 g/mol. The standard InChI is InChI=1S/C26H25ClFN5O2/c1-16-13-25(33-24(29-16)15-21(31-33)17-3-6-20(28)7-4-17)32-11-9-18(10-12-32)26(34)30-22-14-19(27)5-8-23(22)35-2/h3-8,13-15,18H,9-12H2,1-2H3,(H,30,34). The molecule has 0 atom stereocenters. The number of fused-ring (bicyclic) bond motifs is 1. The van der Waals surface area contributed by atoms with Crippen LogP contribution in [0.4, 0.5) is 15.9 Å².